The maximum atomic E-state index is 11.9. The Morgan fingerprint density at radius 2 is 1.94 bits per heavy atom. The maximum absolute atomic E-state index is 11.9. The van der Waals surface area contributed by atoms with Crippen LogP contribution in [-0.2, 0) is 6.54 Å². The predicted molar refractivity (Wildman–Crippen MR) is 66.6 cm³/mol. The molecule has 3 heteroatoms. The first kappa shape index (κ1) is 10.9. The van der Waals surface area contributed by atoms with Crippen molar-refractivity contribution in [3.63, 3.8) is 0 Å². The molecule has 0 atom stereocenters. The van der Waals surface area contributed by atoms with Crippen LogP contribution in [-0.4, -0.2) is 17.9 Å². The summed E-state index contributed by atoms with van der Waals surface area (Å²) in [4.78, 5) is 14.5. The zero-order valence-corrected chi connectivity index (χ0v) is 9.91. The van der Waals surface area contributed by atoms with E-state index in [0.29, 0.717) is 6.54 Å². The molecule has 0 spiro atoms. The van der Waals surface area contributed by atoms with E-state index in [1.165, 1.54) is 11.3 Å². The minimum atomic E-state index is 0.0823. The van der Waals surface area contributed by atoms with E-state index in [4.69, 9.17) is 0 Å². The molecule has 0 aliphatic heterocycles. The smallest absolute Gasteiger partial charge is 0.263 e. The lowest BCUT2D eigenvalue weighted by Gasteiger charge is -2.16. The fourth-order valence-electron chi connectivity index (χ4n) is 1.52. The van der Waals surface area contributed by atoms with Crippen molar-refractivity contribution in [1.82, 2.24) is 4.90 Å². The lowest BCUT2D eigenvalue weighted by molar-refractivity contribution is 0.0790. The van der Waals surface area contributed by atoms with Crippen LogP contribution in [0.1, 0.15) is 15.2 Å². The molecule has 0 unspecified atom stereocenters. The quantitative estimate of drug-likeness (QED) is 0.795. The number of amides is 1. The molecule has 2 aromatic rings. The second kappa shape index (κ2) is 4.94. The van der Waals surface area contributed by atoms with Gasteiger partial charge in [0, 0.05) is 13.6 Å². The van der Waals surface area contributed by atoms with Crippen LogP contribution >= 0.6 is 11.3 Å². The van der Waals surface area contributed by atoms with E-state index in [2.05, 4.69) is 0 Å². The van der Waals surface area contributed by atoms with E-state index in [-0.39, 0.29) is 5.91 Å². The van der Waals surface area contributed by atoms with Gasteiger partial charge >= 0.3 is 0 Å². The van der Waals surface area contributed by atoms with Crippen LogP contribution in [0.4, 0.5) is 0 Å². The van der Waals surface area contributed by atoms with Crippen molar-refractivity contribution in [2.75, 3.05) is 7.05 Å². The molecule has 0 N–H and O–H groups in total. The van der Waals surface area contributed by atoms with Gasteiger partial charge in [0.25, 0.3) is 5.91 Å². The third-order valence-electron chi connectivity index (χ3n) is 2.34. The van der Waals surface area contributed by atoms with Gasteiger partial charge in [0.2, 0.25) is 0 Å². The Kier molecular flexibility index (Phi) is 3.37. The molecule has 0 radical (unpaired) electrons. The maximum Gasteiger partial charge on any atom is 0.263 e. The molecule has 1 heterocycles. The van der Waals surface area contributed by atoms with E-state index in [9.17, 15) is 4.79 Å². The van der Waals surface area contributed by atoms with Crippen LogP contribution in [0, 0.1) is 0 Å². The SMILES string of the molecule is CN(Cc1ccccc1)C(=O)c1cccs1. The first-order valence-corrected chi connectivity index (χ1v) is 5.98. The van der Waals surface area contributed by atoms with Crippen LogP contribution < -0.4 is 0 Å². The number of carbonyl (C=O) groups excluding carboxylic acids is 1. The second-order valence-electron chi connectivity index (χ2n) is 3.62. The summed E-state index contributed by atoms with van der Waals surface area (Å²) in [6.07, 6.45) is 0. The largest absolute Gasteiger partial charge is 0.337 e. The summed E-state index contributed by atoms with van der Waals surface area (Å²) in [7, 11) is 1.83. The van der Waals surface area contributed by atoms with Gasteiger partial charge in [0.15, 0.2) is 0 Å². The standard InChI is InChI=1S/C13H13NOS/c1-14(10-11-6-3-2-4-7-11)13(15)12-8-5-9-16-12/h2-9H,10H2,1H3. The zero-order chi connectivity index (χ0) is 11.4. The topological polar surface area (TPSA) is 20.3 Å². The number of benzene rings is 1. The normalized spacial score (nSPS) is 10.1. The third-order valence-corrected chi connectivity index (χ3v) is 3.20. The predicted octanol–water partition coefficient (Wildman–Crippen LogP) is 3.02. The summed E-state index contributed by atoms with van der Waals surface area (Å²) >= 11 is 1.48. The van der Waals surface area contributed by atoms with Gasteiger partial charge in [-0.25, -0.2) is 0 Å². The van der Waals surface area contributed by atoms with Gasteiger partial charge in [-0.3, -0.25) is 4.79 Å². The van der Waals surface area contributed by atoms with Gasteiger partial charge in [-0.1, -0.05) is 36.4 Å². The van der Waals surface area contributed by atoms with Crippen molar-refractivity contribution in [1.29, 1.82) is 0 Å². The Balaban J connectivity index is 2.04. The molecule has 0 saturated carbocycles. The molecule has 82 valence electrons. The fraction of sp³-hybridized carbons (Fsp3) is 0.154. The Bertz CT molecular complexity index is 450. The summed E-state index contributed by atoms with van der Waals surface area (Å²) in [5.41, 5.74) is 1.15. The van der Waals surface area contributed by atoms with Crippen molar-refractivity contribution in [3.05, 3.63) is 58.3 Å². The summed E-state index contributed by atoms with van der Waals surface area (Å²) in [6.45, 7) is 0.650. The van der Waals surface area contributed by atoms with Crippen molar-refractivity contribution < 1.29 is 4.79 Å². The Morgan fingerprint density at radius 3 is 2.56 bits per heavy atom. The van der Waals surface area contributed by atoms with Gasteiger partial charge < -0.3 is 4.90 Å². The number of thiophene rings is 1. The number of rotatable bonds is 3. The zero-order valence-electron chi connectivity index (χ0n) is 9.09. The van der Waals surface area contributed by atoms with Gasteiger partial charge in [-0.2, -0.15) is 0 Å². The van der Waals surface area contributed by atoms with Crippen LogP contribution in [0.5, 0.6) is 0 Å². The first-order valence-electron chi connectivity index (χ1n) is 5.10. The van der Waals surface area contributed by atoms with Crippen molar-refractivity contribution in [3.8, 4) is 0 Å². The molecule has 16 heavy (non-hydrogen) atoms. The number of hydrogen-bond donors (Lipinski definition) is 0. The Hall–Kier alpha value is -1.61. The molecular formula is C13H13NOS. The minimum Gasteiger partial charge on any atom is -0.337 e. The summed E-state index contributed by atoms with van der Waals surface area (Å²) < 4.78 is 0. The Morgan fingerprint density at radius 1 is 1.19 bits per heavy atom. The van der Waals surface area contributed by atoms with E-state index >= 15 is 0 Å². The van der Waals surface area contributed by atoms with Gasteiger partial charge in [0.1, 0.15) is 0 Å². The number of carbonyl (C=O) groups is 1. The molecule has 0 saturated heterocycles. The average Bonchev–Trinajstić information content (AvgIpc) is 2.83. The van der Waals surface area contributed by atoms with Gasteiger partial charge in [-0.15, -0.1) is 11.3 Å². The molecule has 1 amide bonds. The average molecular weight is 231 g/mol. The van der Waals surface area contributed by atoms with E-state index in [1.807, 2.05) is 54.9 Å². The first-order chi connectivity index (χ1) is 7.77. The van der Waals surface area contributed by atoms with Crippen molar-refractivity contribution in [2.24, 2.45) is 0 Å². The van der Waals surface area contributed by atoms with E-state index in [0.717, 1.165) is 10.4 Å². The molecule has 1 aromatic heterocycles. The highest BCUT2D eigenvalue weighted by Crippen LogP contribution is 2.12. The number of nitrogens with zero attached hydrogens (tertiary/aromatic N) is 1. The highest BCUT2D eigenvalue weighted by Gasteiger charge is 2.12. The van der Waals surface area contributed by atoms with Crippen LogP contribution in [0.2, 0.25) is 0 Å². The van der Waals surface area contributed by atoms with Crippen molar-refractivity contribution in [2.45, 2.75) is 6.54 Å². The highest BCUT2D eigenvalue weighted by molar-refractivity contribution is 7.12. The summed E-state index contributed by atoms with van der Waals surface area (Å²) in [6, 6.07) is 13.8. The lowest BCUT2D eigenvalue weighted by Crippen LogP contribution is -2.25. The van der Waals surface area contributed by atoms with Crippen LogP contribution in [0.3, 0.4) is 0 Å². The monoisotopic (exact) mass is 231 g/mol. The molecule has 2 nitrogen and oxygen atoms in total. The summed E-state index contributed by atoms with van der Waals surface area (Å²) in [5, 5.41) is 1.92. The third kappa shape index (κ3) is 2.49. The molecule has 0 aliphatic carbocycles. The van der Waals surface area contributed by atoms with E-state index < -0.39 is 0 Å². The molecule has 1 aromatic carbocycles. The highest BCUT2D eigenvalue weighted by atomic mass is 32.1. The minimum absolute atomic E-state index is 0.0823. The molecule has 0 fully saturated rings. The molecule has 0 aliphatic rings. The second-order valence-corrected chi connectivity index (χ2v) is 4.57. The van der Waals surface area contributed by atoms with Crippen LogP contribution in [0.25, 0.3) is 0 Å². The van der Waals surface area contributed by atoms with Gasteiger partial charge in [-0.05, 0) is 17.0 Å². The fourth-order valence-corrected chi connectivity index (χ4v) is 2.23. The number of hydrogen-bond acceptors (Lipinski definition) is 2. The molecular weight excluding hydrogens is 218 g/mol. The molecule has 2 rings (SSSR count). The van der Waals surface area contributed by atoms with Crippen molar-refractivity contribution >= 4 is 17.2 Å². The molecule has 0 bridgehead atoms. The lowest BCUT2D eigenvalue weighted by atomic mass is 10.2. The van der Waals surface area contributed by atoms with E-state index in [1.54, 1.807) is 4.90 Å². The Labute approximate surface area is 99.1 Å². The van der Waals surface area contributed by atoms with Crippen LogP contribution in [0.15, 0.2) is 47.8 Å². The summed E-state index contributed by atoms with van der Waals surface area (Å²) in [5.74, 6) is 0.0823. The van der Waals surface area contributed by atoms with Gasteiger partial charge in [0.05, 0.1) is 4.88 Å².